The first-order valence-corrected chi connectivity index (χ1v) is 5.70. The zero-order chi connectivity index (χ0) is 12.1. The van der Waals surface area contributed by atoms with Crippen LogP contribution in [0.5, 0.6) is 5.75 Å². The second-order valence-corrected chi connectivity index (χ2v) is 4.17. The van der Waals surface area contributed by atoms with Gasteiger partial charge in [0.05, 0.1) is 0 Å². The minimum absolute atomic E-state index is 0. The van der Waals surface area contributed by atoms with E-state index in [1.165, 1.54) is 0 Å². The summed E-state index contributed by atoms with van der Waals surface area (Å²) in [5.74, 6) is 0.261. The first kappa shape index (κ1) is 14.8. The van der Waals surface area contributed by atoms with Gasteiger partial charge in [-0.25, -0.2) is 0 Å². The van der Waals surface area contributed by atoms with Crippen molar-refractivity contribution < 1.29 is 17.5 Å². The highest BCUT2D eigenvalue weighted by atomic mass is 35.5. The third kappa shape index (κ3) is 4.18. The lowest BCUT2D eigenvalue weighted by Gasteiger charge is -2.07. The van der Waals surface area contributed by atoms with Crippen LogP contribution in [0, 0.1) is 0 Å². The smallest absolute Gasteiger partial charge is 0.120 e. The van der Waals surface area contributed by atoms with Gasteiger partial charge < -0.3 is 22.8 Å². The predicted octanol–water partition coefficient (Wildman–Crippen LogP) is -0.266. The molecule has 0 fully saturated rings. The molecule has 0 spiro atoms. The third-order valence-electron chi connectivity index (χ3n) is 2.44. The number of pyridine rings is 1. The van der Waals surface area contributed by atoms with Gasteiger partial charge >= 0.3 is 0 Å². The van der Waals surface area contributed by atoms with Gasteiger partial charge in [-0.05, 0) is 35.9 Å². The average Bonchev–Trinajstić information content (AvgIpc) is 2.35. The monoisotopic (exact) mass is 283 g/mol. The van der Waals surface area contributed by atoms with Crippen LogP contribution >= 0.6 is 11.6 Å². The number of aromatic hydroxyl groups is 1. The van der Waals surface area contributed by atoms with Gasteiger partial charge in [-0.3, -0.25) is 4.98 Å². The summed E-state index contributed by atoms with van der Waals surface area (Å²) < 4.78 is 0. The summed E-state index contributed by atoms with van der Waals surface area (Å²) in [4.78, 5) is 3.95. The summed E-state index contributed by atoms with van der Waals surface area (Å²) >= 11 is 5.87. The van der Waals surface area contributed by atoms with Gasteiger partial charge in [0.15, 0.2) is 0 Å². The fourth-order valence-corrected chi connectivity index (χ4v) is 1.73. The summed E-state index contributed by atoms with van der Waals surface area (Å²) in [5.41, 5.74) is 1.95. The van der Waals surface area contributed by atoms with Gasteiger partial charge in [-0.15, -0.1) is 0 Å². The Hall–Kier alpha value is -1.29. The number of phenolic OH excluding ortho intramolecular Hbond substituents is 1. The maximum absolute atomic E-state index is 9.62. The topological polar surface area (TPSA) is 45.1 Å². The first-order valence-electron chi connectivity index (χ1n) is 5.33. The molecule has 0 atom stereocenters. The van der Waals surface area contributed by atoms with Crippen molar-refractivity contribution in [3.63, 3.8) is 0 Å². The van der Waals surface area contributed by atoms with Crippen LogP contribution in [0.15, 0.2) is 42.7 Å². The zero-order valence-corrected chi connectivity index (χ0v) is 11.1. The largest absolute Gasteiger partial charge is 1.00 e. The molecule has 2 N–H and O–H groups in total. The van der Waals surface area contributed by atoms with Crippen LogP contribution in [0.25, 0.3) is 0 Å². The maximum Gasteiger partial charge on any atom is 0.120 e. The number of hydrogen-bond donors (Lipinski definition) is 2. The van der Waals surface area contributed by atoms with E-state index in [9.17, 15) is 5.11 Å². The van der Waals surface area contributed by atoms with E-state index in [-0.39, 0.29) is 18.2 Å². The van der Waals surface area contributed by atoms with Crippen molar-refractivity contribution in [1.82, 2.24) is 10.3 Å². The Kier molecular flexibility index (Phi) is 5.92. The number of phenols is 1. The molecule has 0 unspecified atom stereocenters. The van der Waals surface area contributed by atoms with Crippen molar-refractivity contribution in [3.8, 4) is 5.75 Å². The second-order valence-electron chi connectivity index (χ2n) is 3.73. The van der Waals surface area contributed by atoms with Crippen LogP contribution < -0.4 is 17.7 Å². The molecule has 96 valence electrons. The maximum atomic E-state index is 9.62. The number of halogens is 2. The van der Waals surface area contributed by atoms with Gasteiger partial charge in [0.1, 0.15) is 5.75 Å². The highest BCUT2D eigenvalue weighted by Crippen LogP contribution is 2.21. The molecule has 0 saturated carbocycles. The molecule has 1 aromatic heterocycles. The van der Waals surface area contributed by atoms with Crippen LogP contribution in [0.2, 0.25) is 5.02 Å². The lowest BCUT2D eigenvalue weighted by atomic mass is 10.2. The van der Waals surface area contributed by atoms with Gasteiger partial charge in [-0.2, -0.15) is 0 Å². The standard InChI is InChI=1S/C13H13ClN2O.ClH/c14-12-1-2-13(17)11(7-12)9-16-8-10-3-5-15-6-4-10;/h1-7,16-17H,8-9H2;1H/p-1. The van der Waals surface area contributed by atoms with E-state index in [4.69, 9.17) is 11.6 Å². The molecule has 18 heavy (non-hydrogen) atoms. The van der Waals surface area contributed by atoms with Crippen molar-refractivity contribution in [1.29, 1.82) is 0 Å². The summed E-state index contributed by atoms with van der Waals surface area (Å²) in [5, 5.41) is 13.5. The van der Waals surface area contributed by atoms with Crippen molar-refractivity contribution >= 4 is 11.6 Å². The van der Waals surface area contributed by atoms with E-state index in [2.05, 4.69) is 10.3 Å². The molecule has 3 nitrogen and oxygen atoms in total. The fourth-order valence-electron chi connectivity index (χ4n) is 1.54. The Labute approximate surface area is 117 Å². The van der Waals surface area contributed by atoms with Crippen molar-refractivity contribution in [2.24, 2.45) is 0 Å². The van der Waals surface area contributed by atoms with E-state index >= 15 is 0 Å². The Bertz CT molecular complexity index is 492. The summed E-state index contributed by atoms with van der Waals surface area (Å²) in [7, 11) is 0. The molecule has 2 aromatic rings. The summed E-state index contributed by atoms with van der Waals surface area (Å²) in [6.07, 6.45) is 3.52. The highest BCUT2D eigenvalue weighted by molar-refractivity contribution is 6.30. The molecule has 0 aliphatic rings. The van der Waals surface area contributed by atoms with Gasteiger partial charge in [-0.1, -0.05) is 11.6 Å². The normalized spacial score (nSPS) is 9.83. The molecular formula is C13H13Cl2N2O-. The SMILES string of the molecule is Oc1ccc(Cl)cc1CNCc1ccncc1.[Cl-]. The van der Waals surface area contributed by atoms with E-state index < -0.39 is 0 Å². The number of aromatic nitrogens is 1. The summed E-state index contributed by atoms with van der Waals surface area (Å²) in [6, 6.07) is 8.93. The van der Waals surface area contributed by atoms with Gasteiger partial charge in [0, 0.05) is 36.1 Å². The minimum Gasteiger partial charge on any atom is -1.00 e. The Morgan fingerprint density at radius 2 is 1.83 bits per heavy atom. The molecule has 1 aromatic carbocycles. The number of nitrogens with zero attached hydrogens (tertiary/aromatic N) is 1. The van der Waals surface area contributed by atoms with Crippen molar-refractivity contribution in [3.05, 3.63) is 58.9 Å². The third-order valence-corrected chi connectivity index (χ3v) is 2.67. The van der Waals surface area contributed by atoms with E-state index in [1.54, 1.807) is 30.6 Å². The Morgan fingerprint density at radius 1 is 1.11 bits per heavy atom. The molecule has 0 aliphatic carbocycles. The van der Waals surface area contributed by atoms with E-state index in [0.29, 0.717) is 11.6 Å². The molecule has 1 heterocycles. The lowest BCUT2D eigenvalue weighted by molar-refractivity contribution is -0.00000443. The highest BCUT2D eigenvalue weighted by Gasteiger charge is 2.01. The second kappa shape index (κ2) is 7.21. The molecule has 0 aliphatic heterocycles. The number of benzene rings is 1. The molecule has 0 amide bonds. The zero-order valence-electron chi connectivity index (χ0n) is 9.61. The molecule has 5 heteroatoms. The predicted molar refractivity (Wildman–Crippen MR) is 67.9 cm³/mol. The van der Waals surface area contributed by atoms with E-state index in [0.717, 1.165) is 17.7 Å². The lowest BCUT2D eigenvalue weighted by Crippen LogP contribution is -3.00. The van der Waals surface area contributed by atoms with Crippen LogP contribution in [0.1, 0.15) is 11.1 Å². The van der Waals surface area contributed by atoms with E-state index in [1.807, 2.05) is 12.1 Å². The van der Waals surface area contributed by atoms with Crippen LogP contribution in [0.3, 0.4) is 0 Å². The average molecular weight is 284 g/mol. The first-order chi connectivity index (χ1) is 8.25. The molecule has 0 radical (unpaired) electrons. The van der Waals surface area contributed by atoms with Crippen LogP contribution in [-0.2, 0) is 13.1 Å². The van der Waals surface area contributed by atoms with Gasteiger partial charge in [0.2, 0.25) is 0 Å². The van der Waals surface area contributed by atoms with Crippen LogP contribution in [-0.4, -0.2) is 10.1 Å². The molecule has 2 rings (SSSR count). The number of hydrogen-bond acceptors (Lipinski definition) is 3. The number of rotatable bonds is 4. The Morgan fingerprint density at radius 3 is 2.56 bits per heavy atom. The number of nitrogens with one attached hydrogen (secondary N) is 1. The fraction of sp³-hybridized carbons (Fsp3) is 0.154. The minimum atomic E-state index is 0. The van der Waals surface area contributed by atoms with Crippen LogP contribution in [0.4, 0.5) is 0 Å². The van der Waals surface area contributed by atoms with Crippen molar-refractivity contribution in [2.45, 2.75) is 13.1 Å². The molecule has 0 bridgehead atoms. The molecule has 0 saturated heterocycles. The van der Waals surface area contributed by atoms with Crippen molar-refractivity contribution in [2.75, 3.05) is 0 Å². The quantitative estimate of drug-likeness (QED) is 0.813. The molecular weight excluding hydrogens is 271 g/mol. The Balaban J connectivity index is 0.00000162. The van der Waals surface area contributed by atoms with Gasteiger partial charge in [0.25, 0.3) is 0 Å². The summed E-state index contributed by atoms with van der Waals surface area (Å²) in [6.45, 7) is 1.31.